The Morgan fingerprint density at radius 1 is 1.24 bits per heavy atom. The molecule has 0 saturated heterocycles. The SMILES string of the molecule is CCCc1noc(-c2cccnc2-n2cnc(C(=O)Nc3cccc(Cl)c3)c2)n1. The van der Waals surface area contributed by atoms with E-state index in [1.807, 2.05) is 13.0 Å². The average molecular weight is 409 g/mol. The molecule has 3 heterocycles. The molecule has 0 unspecified atom stereocenters. The highest BCUT2D eigenvalue weighted by Gasteiger charge is 2.17. The molecule has 0 aliphatic heterocycles. The first kappa shape index (κ1) is 18.8. The first-order valence-corrected chi connectivity index (χ1v) is 9.41. The predicted octanol–water partition coefficient (Wildman–Crippen LogP) is 4.18. The van der Waals surface area contributed by atoms with Crippen LogP contribution >= 0.6 is 11.6 Å². The standard InChI is InChI=1S/C20H17ClN6O2/c1-2-5-17-25-20(29-26-17)15-8-4-9-22-18(15)27-11-16(23-12-27)19(28)24-14-7-3-6-13(21)10-14/h3-4,6-12H,2,5H2,1H3,(H,24,28). The van der Waals surface area contributed by atoms with E-state index in [-0.39, 0.29) is 11.6 Å². The van der Waals surface area contributed by atoms with Crippen LogP contribution in [0, 0.1) is 0 Å². The van der Waals surface area contributed by atoms with Crippen molar-refractivity contribution in [1.82, 2.24) is 24.7 Å². The normalized spacial score (nSPS) is 10.8. The van der Waals surface area contributed by atoms with Gasteiger partial charge in [0.2, 0.25) is 0 Å². The summed E-state index contributed by atoms with van der Waals surface area (Å²) in [6.07, 6.45) is 6.41. The minimum atomic E-state index is -0.355. The number of aromatic nitrogens is 5. The molecule has 146 valence electrons. The molecule has 4 aromatic rings. The Morgan fingerprint density at radius 3 is 2.97 bits per heavy atom. The van der Waals surface area contributed by atoms with Gasteiger partial charge in [-0.15, -0.1) is 0 Å². The van der Waals surface area contributed by atoms with Crippen molar-refractivity contribution in [2.24, 2.45) is 0 Å². The van der Waals surface area contributed by atoms with Crippen molar-refractivity contribution < 1.29 is 9.32 Å². The van der Waals surface area contributed by atoms with Gasteiger partial charge >= 0.3 is 0 Å². The molecule has 0 bridgehead atoms. The average Bonchev–Trinajstić information content (AvgIpc) is 3.38. The van der Waals surface area contributed by atoms with Crippen LogP contribution in [0.3, 0.4) is 0 Å². The topological polar surface area (TPSA) is 98.7 Å². The molecular weight excluding hydrogens is 392 g/mol. The second kappa shape index (κ2) is 8.24. The number of hydrogen-bond acceptors (Lipinski definition) is 6. The lowest BCUT2D eigenvalue weighted by molar-refractivity contribution is 0.102. The van der Waals surface area contributed by atoms with Crippen LogP contribution in [0.4, 0.5) is 5.69 Å². The molecule has 0 radical (unpaired) electrons. The quantitative estimate of drug-likeness (QED) is 0.514. The molecular formula is C20H17ClN6O2. The maximum Gasteiger partial charge on any atom is 0.275 e. The molecule has 4 rings (SSSR count). The number of pyridine rings is 1. The number of rotatable bonds is 6. The molecule has 0 atom stereocenters. The summed E-state index contributed by atoms with van der Waals surface area (Å²) in [6, 6.07) is 10.5. The lowest BCUT2D eigenvalue weighted by Gasteiger charge is -2.05. The van der Waals surface area contributed by atoms with E-state index < -0.39 is 0 Å². The zero-order valence-electron chi connectivity index (χ0n) is 15.5. The summed E-state index contributed by atoms with van der Waals surface area (Å²) in [5.74, 6) is 1.19. The van der Waals surface area contributed by atoms with Crippen molar-refractivity contribution in [3.8, 4) is 17.3 Å². The maximum absolute atomic E-state index is 12.5. The van der Waals surface area contributed by atoms with Crippen molar-refractivity contribution in [3.05, 3.63) is 71.7 Å². The highest BCUT2D eigenvalue weighted by atomic mass is 35.5. The fraction of sp³-hybridized carbons (Fsp3) is 0.150. The van der Waals surface area contributed by atoms with Crippen LogP contribution in [-0.4, -0.2) is 30.6 Å². The van der Waals surface area contributed by atoms with Gasteiger partial charge in [-0.3, -0.25) is 9.36 Å². The molecule has 1 aromatic carbocycles. The molecule has 1 amide bonds. The van der Waals surface area contributed by atoms with Gasteiger partial charge in [-0.05, 0) is 36.8 Å². The summed E-state index contributed by atoms with van der Waals surface area (Å²) in [5.41, 5.74) is 1.48. The fourth-order valence-electron chi connectivity index (χ4n) is 2.78. The van der Waals surface area contributed by atoms with Crippen LogP contribution in [-0.2, 0) is 6.42 Å². The van der Waals surface area contributed by atoms with Crippen molar-refractivity contribution in [1.29, 1.82) is 0 Å². The number of imidazole rings is 1. The highest BCUT2D eigenvalue weighted by Crippen LogP contribution is 2.24. The van der Waals surface area contributed by atoms with E-state index in [4.69, 9.17) is 16.1 Å². The summed E-state index contributed by atoms with van der Waals surface area (Å²) in [4.78, 5) is 25.5. The van der Waals surface area contributed by atoms with Crippen LogP contribution in [0.1, 0.15) is 29.7 Å². The number of hydrogen-bond donors (Lipinski definition) is 1. The van der Waals surface area contributed by atoms with Crippen molar-refractivity contribution in [2.45, 2.75) is 19.8 Å². The number of carbonyl (C=O) groups is 1. The van der Waals surface area contributed by atoms with Crippen molar-refractivity contribution >= 4 is 23.2 Å². The van der Waals surface area contributed by atoms with E-state index in [0.717, 1.165) is 12.8 Å². The van der Waals surface area contributed by atoms with E-state index in [9.17, 15) is 4.79 Å². The Bertz CT molecular complexity index is 1150. The summed E-state index contributed by atoms with van der Waals surface area (Å²) >= 11 is 5.96. The van der Waals surface area contributed by atoms with E-state index in [1.54, 1.807) is 47.3 Å². The zero-order valence-corrected chi connectivity index (χ0v) is 16.3. The van der Waals surface area contributed by atoms with Crippen LogP contribution in [0.15, 0.2) is 59.6 Å². The van der Waals surface area contributed by atoms with Crippen molar-refractivity contribution in [2.75, 3.05) is 5.32 Å². The number of nitrogens with zero attached hydrogens (tertiary/aromatic N) is 5. The Balaban J connectivity index is 1.60. The lowest BCUT2D eigenvalue weighted by Crippen LogP contribution is -2.12. The van der Waals surface area contributed by atoms with Crippen molar-refractivity contribution in [3.63, 3.8) is 0 Å². The number of amides is 1. The molecule has 0 saturated carbocycles. The van der Waals surface area contributed by atoms with Crippen LogP contribution in [0.5, 0.6) is 0 Å². The largest absolute Gasteiger partial charge is 0.334 e. The Hall–Kier alpha value is -3.52. The third-order valence-corrected chi connectivity index (χ3v) is 4.34. The number of aryl methyl sites for hydroxylation is 1. The third-order valence-electron chi connectivity index (χ3n) is 4.10. The second-order valence-corrected chi connectivity index (χ2v) is 6.71. The number of benzene rings is 1. The minimum absolute atomic E-state index is 0.235. The zero-order chi connectivity index (χ0) is 20.2. The first-order valence-electron chi connectivity index (χ1n) is 9.03. The molecule has 3 aromatic heterocycles. The summed E-state index contributed by atoms with van der Waals surface area (Å²) in [5, 5.41) is 7.29. The van der Waals surface area contributed by atoms with Crippen LogP contribution in [0.25, 0.3) is 17.3 Å². The van der Waals surface area contributed by atoms with Gasteiger partial charge in [0.05, 0.1) is 5.56 Å². The molecule has 9 heteroatoms. The maximum atomic E-state index is 12.5. The number of carbonyl (C=O) groups excluding carboxylic acids is 1. The number of nitrogens with one attached hydrogen (secondary N) is 1. The van der Waals surface area contributed by atoms with Gasteiger partial charge in [0.1, 0.15) is 12.0 Å². The molecule has 8 nitrogen and oxygen atoms in total. The smallest absolute Gasteiger partial charge is 0.275 e. The van der Waals surface area contributed by atoms with E-state index in [0.29, 0.717) is 33.8 Å². The Kier molecular flexibility index (Phi) is 5.35. The molecule has 0 aliphatic carbocycles. The van der Waals surface area contributed by atoms with Gasteiger partial charge in [-0.2, -0.15) is 4.98 Å². The fourth-order valence-corrected chi connectivity index (χ4v) is 2.97. The van der Waals surface area contributed by atoms with Crippen LogP contribution in [0.2, 0.25) is 5.02 Å². The van der Waals surface area contributed by atoms with E-state index in [1.165, 1.54) is 6.33 Å². The summed E-state index contributed by atoms with van der Waals surface area (Å²) < 4.78 is 7.03. The van der Waals surface area contributed by atoms with Gasteiger partial charge in [0.25, 0.3) is 11.8 Å². The lowest BCUT2D eigenvalue weighted by atomic mass is 10.2. The predicted molar refractivity (Wildman–Crippen MR) is 108 cm³/mol. The Morgan fingerprint density at radius 2 is 2.14 bits per heavy atom. The molecule has 0 fully saturated rings. The van der Waals surface area contributed by atoms with Gasteiger partial charge in [0, 0.05) is 29.5 Å². The summed E-state index contributed by atoms with van der Waals surface area (Å²) in [7, 11) is 0. The van der Waals surface area contributed by atoms with Gasteiger partial charge in [-0.1, -0.05) is 29.7 Å². The van der Waals surface area contributed by atoms with E-state index in [2.05, 4.69) is 25.4 Å². The van der Waals surface area contributed by atoms with E-state index >= 15 is 0 Å². The molecule has 0 spiro atoms. The minimum Gasteiger partial charge on any atom is -0.334 e. The highest BCUT2D eigenvalue weighted by molar-refractivity contribution is 6.30. The number of halogens is 1. The molecule has 1 N–H and O–H groups in total. The van der Waals surface area contributed by atoms with Crippen LogP contribution < -0.4 is 5.32 Å². The third kappa shape index (κ3) is 4.17. The number of anilines is 1. The van der Waals surface area contributed by atoms with Gasteiger partial charge in [-0.25, -0.2) is 9.97 Å². The summed E-state index contributed by atoms with van der Waals surface area (Å²) in [6.45, 7) is 2.05. The second-order valence-electron chi connectivity index (χ2n) is 6.27. The first-order chi connectivity index (χ1) is 14.1. The monoisotopic (exact) mass is 408 g/mol. The Labute approximate surface area is 171 Å². The molecule has 0 aliphatic rings. The molecule has 29 heavy (non-hydrogen) atoms. The van der Waals surface area contributed by atoms with Gasteiger partial charge < -0.3 is 9.84 Å². The van der Waals surface area contributed by atoms with Gasteiger partial charge in [0.15, 0.2) is 11.6 Å².